The Labute approximate surface area is 185 Å². The number of guanidine groups is 1. The van der Waals surface area contributed by atoms with E-state index < -0.39 is 33.0 Å². The molecule has 0 radical (unpaired) electrons. The third kappa shape index (κ3) is 4.52. The highest BCUT2D eigenvalue weighted by Crippen LogP contribution is 2.35. The molecule has 1 aliphatic carbocycles. The predicted octanol–water partition coefficient (Wildman–Crippen LogP) is 2.07. The van der Waals surface area contributed by atoms with Gasteiger partial charge >= 0.3 is 0 Å². The highest BCUT2D eigenvalue weighted by Gasteiger charge is 2.41. The number of sulfonamides is 1. The fourth-order valence-corrected chi connectivity index (χ4v) is 4.85. The zero-order valence-corrected chi connectivity index (χ0v) is 18.5. The largest absolute Gasteiger partial charge is 0.492 e. The smallest absolute Gasteiger partial charge is 0.274 e. The molecular formula is C21H24FN5O4S. The summed E-state index contributed by atoms with van der Waals surface area (Å²) in [4.78, 5) is 20.9. The quantitative estimate of drug-likeness (QED) is 0.678. The summed E-state index contributed by atoms with van der Waals surface area (Å²) in [5.41, 5.74) is 4.74. The van der Waals surface area contributed by atoms with Crippen molar-refractivity contribution < 1.29 is 22.3 Å². The number of halogens is 1. The van der Waals surface area contributed by atoms with Gasteiger partial charge in [0.2, 0.25) is 16.0 Å². The lowest BCUT2D eigenvalue weighted by Crippen LogP contribution is -2.50. The normalized spacial score (nSPS) is 22.2. The molecule has 1 saturated carbocycles. The first-order valence-electron chi connectivity index (χ1n) is 10.1. The molecule has 11 heteroatoms. The number of aromatic nitrogens is 1. The predicted molar refractivity (Wildman–Crippen MR) is 117 cm³/mol. The van der Waals surface area contributed by atoms with Crippen LogP contribution < -0.4 is 15.8 Å². The number of amides is 1. The molecule has 2 aromatic rings. The van der Waals surface area contributed by atoms with Crippen LogP contribution in [-0.2, 0) is 15.6 Å². The molecule has 1 aromatic carbocycles. The second kappa shape index (κ2) is 8.05. The van der Waals surface area contributed by atoms with Gasteiger partial charge in [0.1, 0.15) is 22.8 Å². The van der Waals surface area contributed by atoms with Gasteiger partial charge in [0.15, 0.2) is 0 Å². The first-order chi connectivity index (χ1) is 15.1. The molecule has 2 aliphatic rings. The lowest BCUT2D eigenvalue weighted by molar-refractivity contribution is 0.102. The lowest BCUT2D eigenvalue weighted by Gasteiger charge is -2.34. The molecule has 9 nitrogen and oxygen atoms in total. The molecule has 0 spiro atoms. The van der Waals surface area contributed by atoms with E-state index in [2.05, 4.69) is 15.3 Å². The molecular weight excluding hydrogens is 437 g/mol. The van der Waals surface area contributed by atoms with Crippen molar-refractivity contribution in [2.75, 3.05) is 24.7 Å². The maximum atomic E-state index is 14.7. The molecule has 2 heterocycles. The standard InChI is InChI=1S/C21H24FN5O4S/c1-21(12-32(29,30)27(2)20(23)26-21)16-9-14(5-7-17(16)22)25-19(28)18-8-6-15(10-24-18)31-11-13-3-4-13/h5-10,13H,3-4,11-12H2,1-2H3,(H2,23,26)(H,25,28)/t21-/m0/s1. The van der Waals surface area contributed by atoms with Crippen molar-refractivity contribution in [3.8, 4) is 5.75 Å². The fraction of sp³-hybridized carbons (Fsp3) is 0.381. The minimum atomic E-state index is -3.77. The number of aliphatic imine (C=N–C) groups is 1. The molecule has 32 heavy (non-hydrogen) atoms. The van der Waals surface area contributed by atoms with Gasteiger partial charge in [0.05, 0.1) is 18.6 Å². The van der Waals surface area contributed by atoms with Gasteiger partial charge in [-0.2, -0.15) is 0 Å². The first kappa shape index (κ1) is 22.0. The number of nitrogens with zero attached hydrogens (tertiary/aromatic N) is 3. The molecule has 0 bridgehead atoms. The van der Waals surface area contributed by atoms with E-state index in [1.165, 1.54) is 51.2 Å². The third-order valence-corrected chi connectivity index (χ3v) is 7.47. The minimum Gasteiger partial charge on any atom is -0.492 e. The number of hydrogen-bond acceptors (Lipinski definition) is 7. The number of anilines is 1. The van der Waals surface area contributed by atoms with Gasteiger partial charge in [-0.15, -0.1) is 0 Å². The Morgan fingerprint density at radius 2 is 2.09 bits per heavy atom. The van der Waals surface area contributed by atoms with E-state index in [0.29, 0.717) is 18.3 Å². The van der Waals surface area contributed by atoms with Crippen LogP contribution in [0.1, 0.15) is 35.8 Å². The summed E-state index contributed by atoms with van der Waals surface area (Å²) in [6.45, 7) is 2.12. The Bertz CT molecular complexity index is 1180. The zero-order valence-electron chi connectivity index (χ0n) is 17.7. The molecule has 3 N–H and O–H groups in total. The average Bonchev–Trinajstić information content (AvgIpc) is 3.56. The van der Waals surface area contributed by atoms with Gasteiger partial charge in [-0.3, -0.25) is 4.79 Å². The number of carbonyl (C=O) groups is 1. The van der Waals surface area contributed by atoms with Crippen LogP contribution in [0.5, 0.6) is 5.75 Å². The van der Waals surface area contributed by atoms with E-state index in [9.17, 15) is 17.6 Å². The molecule has 0 unspecified atom stereocenters. The third-order valence-electron chi connectivity index (χ3n) is 5.52. The average molecular weight is 462 g/mol. The van der Waals surface area contributed by atoms with Gasteiger partial charge in [0, 0.05) is 18.3 Å². The molecule has 1 fully saturated rings. The van der Waals surface area contributed by atoms with Crippen molar-refractivity contribution in [3.63, 3.8) is 0 Å². The maximum Gasteiger partial charge on any atom is 0.274 e. The number of rotatable bonds is 6. The second-order valence-electron chi connectivity index (χ2n) is 8.25. The molecule has 1 aliphatic heterocycles. The molecule has 170 valence electrons. The Balaban J connectivity index is 1.53. The summed E-state index contributed by atoms with van der Waals surface area (Å²) < 4.78 is 45.9. The van der Waals surface area contributed by atoms with Gasteiger partial charge in [-0.25, -0.2) is 27.1 Å². The van der Waals surface area contributed by atoms with Crippen molar-refractivity contribution in [2.45, 2.75) is 25.3 Å². The van der Waals surface area contributed by atoms with Crippen LogP contribution in [0, 0.1) is 11.7 Å². The zero-order chi connectivity index (χ0) is 23.1. The summed E-state index contributed by atoms with van der Waals surface area (Å²) >= 11 is 0. The van der Waals surface area contributed by atoms with Gasteiger partial charge in [0.25, 0.3) is 5.91 Å². The van der Waals surface area contributed by atoms with Crippen molar-refractivity contribution in [2.24, 2.45) is 16.6 Å². The second-order valence-corrected chi connectivity index (χ2v) is 10.3. The van der Waals surface area contributed by atoms with E-state index in [1.807, 2.05) is 0 Å². The van der Waals surface area contributed by atoms with E-state index in [-0.39, 0.29) is 22.9 Å². The molecule has 1 aromatic heterocycles. The molecule has 1 amide bonds. The van der Waals surface area contributed by atoms with Crippen molar-refractivity contribution in [1.82, 2.24) is 9.29 Å². The minimum absolute atomic E-state index is 0.00621. The number of hydrogen-bond donors (Lipinski definition) is 2. The number of pyridine rings is 1. The van der Waals surface area contributed by atoms with Crippen LogP contribution in [0.15, 0.2) is 41.5 Å². The van der Waals surface area contributed by atoms with Crippen LogP contribution in [-0.4, -0.2) is 49.0 Å². The van der Waals surface area contributed by atoms with Crippen LogP contribution >= 0.6 is 0 Å². The summed E-state index contributed by atoms with van der Waals surface area (Å²) in [5, 5.41) is 2.65. The van der Waals surface area contributed by atoms with Crippen LogP contribution in [0.2, 0.25) is 0 Å². The SMILES string of the molecule is CN1C(N)=N[C@](C)(c2cc(NC(=O)c3ccc(OCC4CC4)cn3)ccc2F)CS1(=O)=O. The van der Waals surface area contributed by atoms with E-state index in [0.717, 1.165) is 10.4 Å². The highest BCUT2D eigenvalue weighted by molar-refractivity contribution is 7.89. The fourth-order valence-electron chi connectivity index (χ4n) is 3.40. The molecule has 4 rings (SSSR count). The highest BCUT2D eigenvalue weighted by atomic mass is 32.2. The van der Waals surface area contributed by atoms with Crippen molar-refractivity contribution in [1.29, 1.82) is 0 Å². The van der Waals surface area contributed by atoms with Gasteiger partial charge in [-0.05, 0) is 56.0 Å². The Morgan fingerprint density at radius 1 is 1.34 bits per heavy atom. The molecule has 1 atom stereocenters. The van der Waals surface area contributed by atoms with E-state index in [4.69, 9.17) is 10.5 Å². The lowest BCUT2D eigenvalue weighted by atomic mass is 9.93. The number of nitrogens with one attached hydrogen (secondary N) is 1. The number of ether oxygens (including phenoxy) is 1. The first-order valence-corrected chi connectivity index (χ1v) is 11.7. The Kier molecular flexibility index (Phi) is 5.53. The molecule has 0 saturated heterocycles. The number of carbonyl (C=O) groups excluding carboxylic acids is 1. The van der Waals surface area contributed by atoms with Gasteiger partial charge in [-0.1, -0.05) is 0 Å². The summed E-state index contributed by atoms with van der Waals surface area (Å²) in [6, 6.07) is 7.09. The van der Waals surface area contributed by atoms with E-state index in [1.54, 1.807) is 6.07 Å². The summed E-state index contributed by atoms with van der Waals surface area (Å²) in [6.07, 6.45) is 3.83. The van der Waals surface area contributed by atoms with Crippen molar-refractivity contribution in [3.05, 3.63) is 53.6 Å². The van der Waals surface area contributed by atoms with Crippen LogP contribution in [0.4, 0.5) is 10.1 Å². The monoisotopic (exact) mass is 461 g/mol. The summed E-state index contributed by atoms with van der Waals surface area (Å²) in [5.74, 6) is -0.662. The Hall–Kier alpha value is -3.21. The summed E-state index contributed by atoms with van der Waals surface area (Å²) in [7, 11) is -2.48. The number of nitrogens with two attached hydrogens (primary N) is 1. The van der Waals surface area contributed by atoms with Crippen LogP contribution in [0.25, 0.3) is 0 Å². The Morgan fingerprint density at radius 3 is 2.72 bits per heavy atom. The topological polar surface area (TPSA) is 127 Å². The maximum absolute atomic E-state index is 14.7. The number of benzene rings is 1. The van der Waals surface area contributed by atoms with E-state index >= 15 is 0 Å². The van der Waals surface area contributed by atoms with Crippen molar-refractivity contribution >= 4 is 27.6 Å². The van der Waals surface area contributed by atoms with Gasteiger partial charge < -0.3 is 15.8 Å². The van der Waals surface area contributed by atoms with Crippen LogP contribution in [0.3, 0.4) is 0 Å².